The van der Waals surface area contributed by atoms with E-state index in [1.165, 1.54) is 43.0 Å². The molecule has 1 amide bonds. The van der Waals surface area contributed by atoms with Crippen molar-refractivity contribution in [3.05, 3.63) is 40.3 Å². The van der Waals surface area contributed by atoms with E-state index in [9.17, 15) is 4.79 Å². The number of likely N-dealkylation sites (tertiary alicyclic amines) is 1. The van der Waals surface area contributed by atoms with Gasteiger partial charge in [0, 0.05) is 13.1 Å². The predicted octanol–water partition coefficient (Wildman–Crippen LogP) is 4.10. The fraction of sp³-hybridized carbons (Fsp3) is 0.444. The maximum absolute atomic E-state index is 12.1. The zero-order valence-corrected chi connectivity index (χ0v) is 13.9. The molecule has 0 bridgehead atoms. The molecule has 22 heavy (non-hydrogen) atoms. The van der Waals surface area contributed by atoms with Crippen molar-refractivity contribution in [2.45, 2.75) is 39.0 Å². The quantitative estimate of drug-likeness (QED) is 0.771. The second-order valence-electron chi connectivity index (χ2n) is 5.81. The fourth-order valence-electron chi connectivity index (χ4n) is 2.80. The van der Waals surface area contributed by atoms with Crippen LogP contribution in [-0.2, 0) is 11.2 Å². The SMILES string of the molecule is CCc1ccc(/C=C2\SC(N3CCCCCC3)=NC2=O)cc1. The Balaban J connectivity index is 1.71. The van der Waals surface area contributed by atoms with Crippen LogP contribution in [0.2, 0.25) is 0 Å². The monoisotopic (exact) mass is 314 g/mol. The number of benzene rings is 1. The smallest absolute Gasteiger partial charge is 0.286 e. The Bertz CT molecular complexity index is 596. The maximum Gasteiger partial charge on any atom is 0.286 e. The van der Waals surface area contributed by atoms with Gasteiger partial charge in [-0.25, -0.2) is 0 Å². The molecule has 0 N–H and O–H groups in total. The number of amidine groups is 1. The Labute approximate surface area is 136 Å². The molecule has 0 aromatic heterocycles. The molecule has 0 spiro atoms. The number of carbonyl (C=O) groups is 1. The van der Waals surface area contributed by atoms with Crippen LogP contribution in [-0.4, -0.2) is 29.1 Å². The highest BCUT2D eigenvalue weighted by Crippen LogP contribution is 2.31. The number of hydrogen-bond donors (Lipinski definition) is 0. The summed E-state index contributed by atoms with van der Waals surface area (Å²) in [7, 11) is 0. The van der Waals surface area contributed by atoms with Crippen molar-refractivity contribution in [1.29, 1.82) is 0 Å². The van der Waals surface area contributed by atoms with Crippen LogP contribution < -0.4 is 0 Å². The first-order valence-corrected chi connectivity index (χ1v) is 8.94. The zero-order chi connectivity index (χ0) is 15.4. The molecule has 1 aromatic carbocycles. The Morgan fingerprint density at radius 1 is 1.14 bits per heavy atom. The molecular weight excluding hydrogens is 292 g/mol. The van der Waals surface area contributed by atoms with Crippen molar-refractivity contribution >= 4 is 28.9 Å². The van der Waals surface area contributed by atoms with E-state index in [-0.39, 0.29) is 5.91 Å². The minimum atomic E-state index is -0.0937. The molecule has 0 aliphatic carbocycles. The zero-order valence-electron chi connectivity index (χ0n) is 13.0. The fourth-order valence-corrected chi connectivity index (χ4v) is 3.76. The Morgan fingerprint density at radius 3 is 2.45 bits per heavy atom. The van der Waals surface area contributed by atoms with Gasteiger partial charge in [0.1, 0.15) is 0 Å². The molecule has 2 aliphatic rings. The highest BCUT2D eigenvalue weighted by molar-refractivity contribution is 8.18. The summed E-state index contributed by atoms with van der Waals surface area (Å²) in [4.78, 5) is 19.4. The molecule has 1 fully saturated rings. The molecule has 3 rings (SSSR count). The number of aryl methyl sites for hydroxylation is 1. The molecule has 116 valence electrons. The van der Waals surface area contributed by atoms with E-state index in [1.54, 1.807) is 0 Å². The normalized spacial score (nSPS) is 21.1. The number of thioether (sulfide) groups is 1. The Kier molecular flexibility index (Phi) is 4.98. The van der Waals surface area contributed by atoms with Gasteiger partial charge in [-0.15, -0.1) is 0 Å². The van der Waals surface area contributed by atoms with Crippen LogP contribution in [0, 0.1) is 0 Å². The molecule has 0 atom stereocenters. The van der Waals surface area contributed by atoms with Gasteiger partial charge in [-0.3, -0.25) is 4.79 Å². The summed E-state index contributed by atoms with van der Waals surface area (Å²) < 4.78 is 0. The van der Waals surface area contributed by atoms with Gasteiger partial charge in [0.05, 0.1) is 4.91 Å². The van der Waals surface area contributed by atoms with Crippen molar-refractivity contribution in [3.63, 3.8) is 0 Å². The third-order valence-electron chi connectivity index (χ3n) is 4.17. The van der Waals surface area contributed by atoms with E-state index in [4.69, 9.17) is 0 Å². The van der Waals surface area contributed by atoms with Gasteiger partial charge in [-0.1, -0.05) is 44.0 Å². The van der Waals surface area contributed by atoms with E-state index in [1.807, 2.05) is 6.08 Å². The van der Waals surface area contributed by atoms with E-state index < -0.39 is 0 Å². The van der Waals surface area contributed by atoms with Crippen LogP contribution in [0.3, 0.4) is 0 Å². The third-order valence-corrected chi connectivity index (χ3v) is 5.22. The standard InChI is InChI=1S/C18H22N2OS/c1-2-14-7-9-15(10-8-14)13-16-17(21)19-18(22-16)20-11-5-3-4-6-12-20/h7-10,13H,2-6,11-12H2,1H3/b16-13-. The number of amides is 1. The Morgan fingerprint density at radius 2 is 1.82 bits per heavy atom. The highest BCUT2D eigenvalue weighted by atomic mass is 32.2. The van der Waals surface area contributed by atoms with Crippen molar-refractivity contribution in [2.75, 3.05) is 13.1 Å². The summed E-state index contributed by atoms with van der Waals surface area (Å²) in [6.07, 6.45) is 7.97. The number of nitrogens with zero attached hydrogens (tertiary/aromatic N) is 2. The Hall–Kier alpha value is -1.55. The van der Waals surface area contributed by atoms with Gasteiger partial charge < -0.3 is 4.90 Å². The number of rotatable bonds is 2. The van der Waals surface area contributed by atoms with E-state index >= 15 is 0 Å². The molecule has 1 aromatic rings. The molecule has 0 unspecified atom stereocenters. The summed E-state index contributed by atoms with van der Waals surface area (Å²) in [5.41, 5.74) is 2.38. The summed E-state index contributed by atoms with van der Waals surface area (Å²) in [5, 5.41) is 0.892. The second-order valence-corrected chi connectivity index (χ2v) is 6.82. The molecular formula is C18H22N2OS. The average molecular weight is 314 g/mol. The molecule has 2 heterocycles. The van der Waals surface area contributed by atoms with Gasteiger partial charge in [-0.05, 0) is 48.2 Å². The van der Waals surface area contributed by atoms with E-state index in [0.717, 1.165) is 35.1 Å². The summed E-state index contributed by atoms with van der Waals surface area (Å²) in [6.45, 7) is 4.19. The lowest BCUT2D eigenvalue weighted by Crippen LogP contribution is -2.28. The van der Waals surface area contributed by atoms with Gasteiger partial charge >= 0.3 is 0 Å². The lowest BCUT2D eigenvalue weighted by atomic mass is 10.1. The van der Waals surface area contributed by atoms with Crippen LogP contribution >= 0.6 is 11.8 Å². The van der Waals surface area contributed by atoms with Crippen molar-refractivity contribution in [3.8, 4) is 0 Å². The summed E-state index contributed by atoms with van der Waals surface area (Å²) >= 11 is 1.53. The van der Waals surface area contributed by atoms with Crippen molar-refractivity contribution in [1.82, 2.24) is 4.90 Å². The van der Waals surface area contributed by atoms with Gasteiger partial charge in [0.25, 0.3) is 5.91 Å². The summed E-state index contributed by atoms with van der Waals surface area (Å²) in [6, 6.07) is 8.38. The van der Waals surface area contributed by atoms with Crippen molar-refractivity contribution < 1.29 is 4.79 Å². The maximum atomic E-state index is 12.1. The molecule has 0 radical (unpaired) electrons. The topological polar surface area (TPSA) is 32.7 Å². The first kappa shape index (κ1) is 15.3. The number of carbonyl (C=O) groups excluding carboxylic acids is 1. The molecule has 2 aliphatic heterocycles. The minimum absolute atomic E-state index is 0.0937. The average Bonchev–Trinajstić information content (AvgIpc) is 2.76. The van der Waals surface area contributed by atoms with Crippen LogP contribution in [0.5, 0.6) is 0 Å². The minimum Gasteiger partial charge on any atom is -0.351 e. The highest BCUT2D eigenvalue weighted by Gasteiger charge is 2.26. The van der Waals surface area contributed by atoms with Crippen LogP contribution in [0.25, 0.3) is 6.08 Å². The number of aliphatic imine (C=N–C) groups is 1. The van der Waals surface area contributed by atoms with E-state index in [2.05, 4.69) is 41.1 Å². The van der Waals surface area contributed by atoms with E-state index in [0.29, 0.717) is 0 Å². The molecule has 3 nitrogen and oxygen atoms in total. The molecule has 4 heteroatoms. The van der Waals surface area contributed by atoms with Gasteiger partial charge in [-0.2, -0.15) is 4.99 Å². The number of hydrogen-bond acceptors (Lipinski definition) is 3. The van der Waals surface area contributed by atoms with Crippen LogP contribution in [0.4, 0.5) is 0 Å². The molecule has 1 saturated heterocycles. The van der Waals surface area contributed by atoms with Gasteiger partial charge in [0.2, 0.25) is 0 Å². The van der Waals surface area contributed by atoms with Crippen molar-refractivity contribution in [2.24, 2.45) is 4.99 Å². The largest absolute Gasteiger partial charge is 0.351 e. The second kappa shape index (κ2) is 7.14. The van der Waals surface area contributed by atoms with Crippen LogP contribution in [0.1, 0.15) is 43.7 Å². The summed E-state index contributed by atoms with van der Waals surface area (Å²) in [5.74, 6) is -0.0937. The molecule has 0 saturated carbocycles. The predicted molar refractivity (Wildman–Crippen MR) is 93.9 cm³/mol. The third kappa shape index (κ3) is 3.61. The first-order valence-electron chi connectivity index (χ1n) is 8.13. The lowest BCUT2D eigenvalue weighted by molar-refractivity contribution is -0.113. The lowest BCUT2D eigenvalue weighted by Gasteiger charge is -2.20. The first-order chi connectivity index (χ1) is 10.8. The van der Waals surface area contributed by atoms with Crippen LogP contribution in [0.15, 0.2) is 34.2 Å². The van der Waals surface area contributed by atoms with Gasteiger partial charge in [0.15, 0.2) is 5.17 Å².